The molecule has 0 spiro atoms. The van der Waals surface area contributed by atoms with Gasteiger partial charge in [0.1, 0.15) is 11.7 Å². The monoisotopic (exact) mass is 507 g/mol. The van der Waals surface area contributed by atoms with Gasteiger partial charge in [0.2, 0.25) is 5.91 Å². The molecule has 186 valence electrons. The van der Waals surface area contributed by atoms with E-state index in [1.165, 1.54) is 19.1 Å². The fourth-order valence-electron chi connectivity index (χ4n) is 4.39. The Morgan fingerprint density at radius 1 is 1.19 bits per heavy atom. The number of sulfone groups is 1. The molecule has 1 atom stereocenters. The molecule has 2 aromatic carbocycles. The number of nitrogens with one attached hydrogen (secondary N) is 1. The Kier molecular flexibility index (Phi) is 6.19. The molecule has 1 unspecified atom stereocenters. The number of benzene rings is 2. The van der Waals surface area contributed by atoms with Crippen LogP contribution < -0.4 is 15.1 Å². The second kappa shape index (κ2) is 9.32. The van der Waals surface area contributed by atoms with Gasteiger partial charge in [0.25, 0.3) is 5.91 Å². The third-order valence-corrected chi connectivity index (χ3v) is 7.25. The zero-order valence-electron chi connectivity index (χ0n) is 19.8. The van der Waals surface area contributed by atoms with Crippen molar-refractivity contribution in [1.29, 1.82) is 0 Å². The summed E-state index contributed by atoms with van der Waals surface area (Å²) < 4.78 is 29.2. The van der Waals surface area contributed by atoms with E-state index in [4.69, 9.17) is 9.72 Å². The normalized spacial score (nSPS) is 17.4. The highest BCUT2D eigenvalue weighted by Crippen LogP contribution is 2.37. The van der Waals surface area contributed by atoms with Crippen LogP contribution in [-0.4, -0.2) is 62.3 Å². The predicted octanol–water partition coefficient (Wildman–Crippen LogP) is 2.26. The third-order valence-electron chi connectivity index (χ3n) is 6.13. The van der Waals surface area contributed by atoms with Crippen LogP contribution in [0.3, 0.4) is 0 Å². The van der Waals surface area contributed by atoms with Gasteiger partial charge in [-0.05, 0) is 29.8 Å². The van der Waals surface area contributed by atoms with Crippen molar-refractivity contribution in [2.75, 3.05) is 41.1 Å². The highest BCUT2D eigenvalue weighted by atomic mass is 32.2. The van der Waals surface area contributed by atoms with E-state index >= 15 is 0 Å². The summed E-state index contributed by atoms with van der Waals surface area (Å²) in [5.41, 5.74) is 2.72. The van der Waals surface area contributed by atoms with Crippen LogP contribution >= 0.6 is 0 Å². The number of anilines is 3. The van der Waals surface area contributed by atoms with Gasteiger partial charge in [-0.3, -0.25) is 9.59 Å². The molecule has 0 saturated carbocycles. The Hall–Kier alpha value is -3.83. The van der Waals surface area contributed by atoms with Gasteiger partial charge in [-0.1, -0.05) is 24.3 Å². The smallest absolute Gasteiger partial charge is 0.252 e. The molecule has 3 aromatic rings. The first-order valence-corrected chi connectivity index (χ1v) is 13.3. The number of morpholine rings is 1. The van der Waals surface area contributed by atoms with E-state index in [1.54, 1.807) is 35.4 Å². The Balaban J connectivity index is 1.52. The molecule has 0 radical (unpaired) electrons. The van der Waals surface area contributed by atoms with E-state index in [9.17, 15) is 18.0 Å². The summed E-state index contributed by atoms with van der Waals surface area (Å²) in [7, 11) is -3.32. The quantitative estimate of drug-likeness (QED) is 0.558. The number of hydrogen-bond acceptors (Lipinski definition) is 8. The molecule has 2 aliphatic heterocycles. The maximum atomic E-state index is 13.5. The van der Waals surface area contributed by atoms with E-state index in [0.29, 0.717) is 36.2 Å². The van der Waals surface area contributed by atoms with Crippen molar-refractivity contribution < 1.29 is 22.7 Å². The minimum absolute atomic E-state index is 0.126. The Bertz CT molecular complexity index is 1440. The zero-order valence-corrected chi connectivity index (χ0v) is 20.7. The van der Waals surface area contributed by atoms with Crippen LogP contribution in [-0.2, 0) is 30.7 Å². The molecular weight excluding hydrogens is 482 g/mol. The van der Waals surface area contributed by atoms with Crippen molar-refractivity contribution in [2.45, 2.75) is 24.4 Å². The van der Waals surface area contributed by atoms with Crippen molar-refractivity contribution in [2.24, 2.45) is 0 Å². The van der Waals surface area contributed by atoms with Crippen LogP contribution in [0, 0.1) is 0 Å². The van der Waals surface area contributed by atoms with Crippen LogP contribution in [0.25, 0.3) is 11.4 Å². The van der Waals surface area contributed by atoms with Crippen LogP contribution in [0.5, 0.6) is 0 Å². The summed E-state index contributed by atoms with van der Waals surface area (Å²) >= 11 is 0. The lowest BCUT2D eigenvalue weighted by atomic mass is 10.1. The maximum Gasteiger partial charge on any atom is 0.252 e. The Labute approximate surface area is 208 Å². The first kappa shape index (κ1) is 23.9. The van der Waals surface area contributed by atoms with Crippen LogP contribution in [0.1, 0.15) is 12.5 Å². The molecule has 1 fully saturated rings. The van der Waals surface area contributed by atoms with Gasteiger partial charge < -0.3 is 19.9 Å². The van der Waals surface area contributed by atoms with E-state index in [2.05, 4.69) is 10.3 Å². The number of carbonyl (C=O) groups is 2. The predicted molar refractivity (Wildman–Crippen MR) is 134 cm³/mol. The number of fused-ring (bicyclic) bond motifs is 3. The minimum Gasteiger partial charge on any atom is -0.377 e. The molecule has 0 bridgehead atoms. The average Bonchev–Trinajstić information content (AvgIpc) is 2.86. The fraction of sp³-hybridized carbons (Fsp3) is 0.280. The maximum absolute atomic E-state index is 13.5. The molecule has 1 aromatic heterocycles. The highest BCUT2D eigenvalue weighted by Gasteiger charge is 2.41. The lowest BCUT2D eigenvalue weighted by Crippen LogP contribution is -2.58. The van der Waals surface area contributed by atoms with Gasteiger partial charge in [0, 0.05) is 31.0 Å². The highest BCUT2D eigenvalue weighted by molar-refractivity contribution is 7.90. The molecular formula is C25H25N5O5S. The standard InChI is InChI=1S/C25H25N5O5S/c1-16(31)27-19-5-3-4-18(12-19)23-26-13-21-24(28-23)29-10-11-35-15-22(29)25(32)30(21)14-17-6-8-20(9-7-17)36(2,33)34/h3-9,12-13,22H,10-11,14-15H2,1-2H3,(H,27,31). The number of amides is 2. The van der Waals surface area contributed by atoms with Crippen molar-refractivity contribution in [3.63, 3.8) is 0 Å². The number of hydrogen-bond donors (Lipinski definition) is 1. The topological polar surface area (TPSA) is 122 Å². The number of aromatic nitrogens is 2. The molecule has 1 saturated heterocycles. The zero-order chi connectivity index (χ0) is 25.4. The SMILES string of the molecule is CC(=O)Nc1cccc(-c2ncc3c(n2)N2CCOCC2C(=O)N3Cc2ccc(S(C)(=O)=O)cc2)c1. The third kappa shape index (κ3) is 4.67. The first-order chi connectivity index (χ1) is 17.2. The van der Waals surface area contributed by atoms with Gasteiger partial charge in [-0.15, -0.1) is 0 Å². The van der Waals surface area contributed by atoms with Gasteiger partial charge in [0.15, 0.2) is 21.5 Å². The van der Waals surface area contributed by atoms with Crippen molar-refractivity contribution in [3.05, 3.63) is 60.3 Å². The molecule has 5 rings (SSSR count). The number of carbonyl (C=O) groups excluding carboxylic acids is 2. The summed E-state index contributed by atoms with van der Waals surface area (Å²) in [6.45, 7) is 2.93. The summed E-state index contributed by atoms with van der Waals surface area (Å²) in [5.74, 6) is 0.801. The van der Waals surface area contributed by atoms with E-state index in [1.807, 2.05) is 17.0 Å². The van der Waals surface area contributed by atoms with Crippen molar-refractivity contribution in [3.8, 4) is 11.4 Å². The number of rotatable bonds is 5. The Morgan fingerprint density at radius 2 is 1.97 bits per heavy atom. The van der Waals surface area contributed by atoms with E-state index in [0.717, 1.165) is 17.4 Å². The average molecular weight is 508 g/mol. The summed E-state index contributed by atoms with van der Waals surface area (Å²) in [4.78, 5) is 38.1. The van der Waals surface area contributed by atoms with Gasteiger partial charge in [-0.2, -0.15) is 0 Å². The Morgan fingerprint density at radius 3 is 2.69 bits per heavy atom. The molecule has 10 nitrogen and oxygen atoms in total. The molecule has 36 heavy (non-hydrogen) atoms. The van der Waals surface area contributed by atoms with Crippen LogP contribution in [0.4, 0.5) is 17.2 Å². The van der Waals surface area contributed by atoms with Gasteiger partial charge in [-0.25, -0.2) is 18.4 Å². The second-order valence-electron chi connectivity index (χ2n) is 8.79. The molecule has 0 aliphatic carbocycles. The molecule has 2 aliphatic rings. The summed E-state index contributed by atoms with van der Waals surface area (Å²) in [6, 6.07) is 13.2. The summed E-state index contributed by atoms with van der Waals surface area (Å²) in [5, 5.41) is 2.76. The summed E-state index contributed by atoms with van der Waals surface area (Å²) in [6.07, 6.45) is 2.79. The molecule has 3 heterocycles. The van der Waals surface area contributed by atoms with Crippen LogP contribution in [0.2, 0.25) is 0 Å². The lowest BCUT2D eigenvalue weighted by Gasteiger charge is -2.43. The first-order valence-electron chi connectivity index (χ1n) is 11.4. The van der Waals surface area contributed by atoms with Crippen molar-refractivity contribution >= 4 is 38.8 Å². The number of ether oxygens (including phenoxy) is 1. The lowest BCUT2D eigenvalue weighted by molar-refractivity contribution is -0.122. The minimum atomic E-state index is -3.32. The molecule has 2 amide bonds. The van der Waals surface area contributed by atoms with Gasteiger partial charge in [0.05, 0.1) is 30.9 Å². The van der Waals surface area contributed by atoms with Crippen LogP contribution in [0.15, 0.2) is 59.6 Å². The fourth-order valence-corrected chi connectivity index (χ4v) is 5.03. The number of nitrogens with zero attached hydrogens (tertiary/aromatic N) is 4. The largest absolute Gasteiger partial charge is 0.377 e. The van der Waals surface area contributed by atoms with E-state index < -0.39 is 15.9 Å². The van der Waals surface area contributed by atoms with Gasteiger partial charge >= 0.3 is 0 Å². The molecule has 11 heteroatoms. The second-order valence-corrected chi connectivity index (χ2v) is 10.8. The van der Waals surface area contributed by atoms with Crippen molar-refractivity contribution in [1.82, 2.24) is 9.97 Å². The molecule has 1 N–H and O–H groups in total. The van der Waals surface area contributed by atoms with E-state index in [-0.39, 0.29) is 29.9 Å².